The molecule has 2 fully saturated rings. The lowest BCUT2D eigenvalue weighted by Crippen LogP contribution is -2.57. The minimum Gasteiger partial charge on any atom is -0.349 e. The first-order valence-corrected chi connectivity index (χ1v) is 12.0. The molecule has 172 valence electrons. The van der Waals surface area contributed by atoms with Gasteiger partial charge in [0.2, 0.25) is 15.9 Å². The van der Waals surface area contributed by atoms with E-state index in [0.29, 0.717) is 56.6 Å². The molecule has 12 heteroatoms. The van der Waals surface area contributed by atoms with Gasteiger partial charge < -0.3 is 5.32 Å². The van der Waals surface area contributed by atoms with Gasteiger partial charge in [-0.05, 0) is 37.8 Å². The first kappa shape index (κ1) is 21.4. The lowest BCUT2D eigenvalue weighted by atomic mass is 9.85. The molecule has 0 bridgehead atoms. The van der Waals surface area contributed by atoms with Crippen LogP contribution in [0, 0.1) is 0 Å². The van der Waals surface area contributed by atoms with Crippen LogP contribution >= 0.6 is 0 Å². The third-order valence-corrected chi connectivity index (χ3v) is 8.80. The molecule has 0 atom stereocenters. The van der Waals surface area contributed by atoms with Crippen molar-refractivity contribution < 1.29 is 26.4 Å². The minimum absolute atomic E-state index is 0.0468. The van der Waals surface area contributed by atoms with Gasteiger partial charge in [-0.25, -0.2) is 22.4 Å². The van der Waals surface area contributed by atoms with E-state index in [1.165, 1.54) is 21.1 Å². The van der Waals surface area contributed by atoms with Crippen LogP contribution in [0.5, 0.6) is 0 Å². The molecule has 3 aliphatic rings. The molecule has 0 radical (unpaired) electrons. The number of halogens is 3. The van der Waals surface area contributed by atoms with Crippen molar-refractivity contribution in [2.75, 3.05) is 13.1 Å². The number of carbonyl (C=O) groups is 1. The summed E-state index contributed by atoms with van der Waals surface area (Å²) in [5, 5.41) is 7.12. The fourth-order valence-electron chi connectivity index (χ4n) is 4.43. The maximum Gasteiger partial charge on any atom is 0.416 e. The molecule has 1 aliphatic carbocycles. The number of sulfonamides is 1. The van der Waals surface area contributed by atoms with E-state index >= 15 is 0 Å². The second-order valence-corrected chi connectivity index (χ2v) is 10.9. The number of fused-ring (bicyclic) bond motifs is 1. The summed E-state index contributed by atoms with van der Waals surface area (Å²) in [7, 11) is -3.27. The van der Waals surface area contributed by atoms with Crippen molar-refractivity contribution >= 4 is 15.9 Å². The van der Waals surface area contributed by atoms with Gasteiger partial charge in [-0.1, -0.05) is 12.1 Å². The molecule has 1 spiro atoms. The summed E-state index contributed by atoms with van der Waals surface area (Å²) in [6, 6.07) is 4.59. The average molecular weight is 469 g/mol. The van der Waals surface area contributed by atoms with Crippen LogP contribution in [0.25, 0.3) is 11.4 Å². The molecule has 32 heavy (non-hydrogen) atoms. The van der Waals surface area contributed by atoms with Crippen molar-refractivity contribution in [3.05, 3.63) is 35.7 Å². The Kier molecular flexibility index (Phi) is 4.86. The number of piperidine rings is 1. The van der Waals surface area contributed by atoms with Gasteiger partial charge in [-0.2, -0.15) is 18.3 Å². The third kappa shape index (κ3) is 3.90. The summed E-state index contributed by atoms with van der Waals surface area (Å²) < 4.78 is 66.5. The summed E-state index contributed by atoms with van der Waals surface area (Å²) in [5.41, 5.74) is -0.947. The molecular formula is C20H22F3N5O3S. The highest BCUT2D eigenvalue weighted by Crippen LogP contribution is 2.36. The Hall–Kier alpha value is -2.47. The second kappa shape index (κ2) is 7.27. The quantitative estimate of drug-likeness (QED) is 0.741. The lowest BCUT2D eigenvalue weighted by molar-refractivity contribution is -0.137. The predicted molar refractivity (Wildman–Crippen MR) is 108 cm³/mol. The van der Waals surface area contributed by atoms with E-state index < -0.39 is 27.3 Å². The molecule has 3 heterocycles. The van der Waals surface area contributed by atoms with Crippen LogP contribution in [0.2, 0.25) is 0 Å². The molecule has 8 nitrogen and oxygen atoms in total. The zero-order valence-corrected chi connectivity index (χ0v) is 17.9. The van der Waals surface area contributed by atoms with E-state index in [4.69, 9.17) is 0 Å². The molecule has 1 amide bonds. The number of hydrogen-bond acceptors (Lipinski definition) is 5. The van der Waals surface area contributed by atoms with Gasteiger partial charge in [0.05, 0.1) is 10.8 Å². The van der Waals surface area contributed by atoms with Crippen molar-refractivity contribution in [1.29, 1.82) is 0 Å². The Labute approximate surface area is 182 Å². The normalized spacial score (nSPS) is 21.8. The van der Waals surface area contributed by atoms with Crippen LogP contribution < -0.4 is 5.32 Å². The largest absolute Gasteiger partial charge is 0.416 e. The van der Waals surface area contributed by atoms with Crippen LogP contribution in [-0.2, 0) is 34.0 Å². The Bertz CT molecular complexity index is 1150. The van der Waals surface area contributed by atoms with Crippen LogP contribution in [-0.4, -0.2) is 57.3 Å². The van der Waals surface area contributed by atoms with Crippen LogP contribution in [0.1, 0.15) is 37.1 Å². The van der Waals surface area contributed by atoms with Gasteiger partial charge in [-0.3, -0.25) is 4.79 Å². The highest BCUT2D eigenvalue weighted by molar-refractivity contribution is 7.90. The smallest absolute Gasteiger partial charge is 0.349 e. The highest BCUT2D eigenvalue weighted by Gasteiger charge is 2.46. The van der Waals surface area contributed by atoms with Gasteiger partial charge in [0.1, 0.15) is 12.4 Å². The Morgan fingerprint density at radius 2 is 1.75 bits per heavy atom. The fraction of sp³-hybridized carbons (Fsp3) is 0.550. The summed E-state index contributed by atoms with van der Waals surface area (Å²) in [4.78, 5) is 17.1. The molecule has 2 aromatic rings. The van der Waals surface area contributed by atoms with Crippen molar-refractivity contribution in [2.24, 2.45) is 0 Å². The van der Waals surface area contributed by atoms with E-state index in [1.807, 2.05) is 0 Å². The second-order valence-electron chi connectivity index (χ2n) is 8.73. The molecule has 2 aliphatic heterocycles. The summed E-state index contributed by atoms with van der Waals surface area (Å²) in [6.45, 7) is 0.618. The van der Waals surface area contributed by atoms with Crippen LogP contribution in [0.4, 0.5) is 13.2 Å². The van der Waals surface area contributed by atoms with E-state index in [9.17, 15) is 26.4 Å². The Morgan fingerprint density at radius 1 is 1.09 bits per heavy atom. The molecule has 1 aromatic carbocycles. The summed E-state index contributed by atoms with van der Waals surface area (Å²) >= 11 is 0. The Morgan fingerprint density at radius 3 is 2.34 bits per heavy atom. The molecule has 1 saturated heterocycles. The van der Waals surface area contributed by atoms with E-state index in [-0.39, 0.29) is 23.5 Å². The minimum atomic E-state index is -4.43. The number of benzene rings is 1. The first-order chi connectivity index (χ1) is 15.1. The SMILES string of the molecule is O=C1Cn2nc(-c3ccc(C(F)(F)F)cc3)nc2CC2(CCN(S(=O)(=O)C3CC3)CC2)N1. The molecule has 1 aromatic heterocycles. The zero-order valence-electron chi connectivity index (χ0n) is 17.1. The third-order valence-electron chi connectivity index (χ3n) is 6.40. The lowest BCUT2D eigenvalue weighted by Gasteiger charge is -2.40. The van der Waals surface area contributed by atoms with Crippen LogP contribution in [0.15, 0.2) is 24.3 Å². The molecule has 1 N–H and O–H groups in total. The number of amides is 1. The maximum atomic E-state index is 12.8. The summed E-state index contributed by atoms with van der Waals surface area (Å²) in [6.07, 6.45) is -1.71. The number of alkyl halides is 3. The van der Waals surface area contributed by atoms with Crippen molar-refractivity contribution in [1.82, 2.24) is 24.4 Å². The maximum absolute atomic E-state index is 12.8. The molecule has 5 rings (SSSR count). The number of aromatic nitrogens is 3. The van der Waals surface area contributed by atoms with Crippen molar-refractivity contribution in [2.45, 2.75) is 55.6 Å². The van der Waals surface area contributed by atoms with Crippen molar-refractivity contribution in [3.63, 3.8) is 0 Å². The molecule has 1 saturated carbocycles. The average Bonchev–Trinajstić information content (AvgIpc) is 3.53. The van der Waals surface area contributed by atoms with Gasteiger partial charge in [0, 0.05) is 30.6 Å². The number of hydrogen-bond donors (Lipinski definition) is 1. The number of rotatable bonds is 3. The first-order valence-electron chi connectivity index (χ1n) is 10.5. The predicted octanol–water partition coefficient (Wildman–Crippen LogP) is 1.96. The number of carbonyl (C=O) groups excluding carboxylic acids is 1. The van der Waals surface area contributed by atoms with Gasteiger partial charge >= 0.3 is 6.18 Å². The van der Waals surface area contributed by atoms with Gasteiger partial charge in [0.25, 0.3) is 0 Å². The van der Waals surface area contributed by atoms with Crippen molar-refractivity contribution in [3.8, 4) is 11.4 Å². The molecular weight excluding hydrogens is 447 g/mol. The fourth-order valence-corrected chi connectivity index (χ4v) is 6.27. The topological polar surface area (TPSA) is 97.2 Å². The van der Waals surface area contributed by atoms with E-state index in [2.05, 4.69) is 15.4 Å². The van der Waals surface area contributed by atoms with Crippen LogP contribution in [0.3, 0.4) is 0 Å². The van der Waals surface area contributed by atoms with E-state index in [1.54, 1.807) is 0 Å². The van der Waals surface area contributed by atoms with E-state index in [0.717, 1.165) is 12.1 Å². The monoisotopic (exact) mass is 469 g/mol. The number of nitrogens with one attached hydrogen (secondary N) is 1. The summed E-state index contributed by atoms with van der Waals surface area (Å²) in [5.74, 6) is 0.565. The standard InChI is InChI=1S/C20H22F3N5O3S/c21-20(22,23)14-3-1-13(2-4-14)18-24-16-11-19(25-17(29)12-28(16)26-18)7-9-27(10-8-19)32(30,31)15-5-6-15/h1-4,15H,5-12H2,(H,25,29). The highest BCUT2D eigenvalue weighted by atomic mass is 32.2. The van der Waals surface area contributed by atoms with Gasteiger partial charge in [-0.15, -0.1) is 0 Å². The molecule has 0 unspecified atom stereocenters. The van der Waals surface area contributed by atoms with Gasteiger partial charge in [0.15, 0.2) is 5.82 Å². The Balaban J connectivity index is 1.37. The zero-order chi connectivity index (χ0) is 22.7. The number of nitrogens with zero attached hydrogens (tertiary/aromatic N) is 4.